The minimum Gasteiger partial charge on any atom is -0.482 e. The normalized spacial score (nSPS) is 11.2. The highest BCUT2D eigenvalue weighted by atomic mass is 35.5. The van der Waals surface area contributed by atoms with Crippen LogP contribution < -0.4 is 10.1 Å². The number of aliphatic hydroxyl groups excluding tert-OH is 1. The van der Waals surface area contributed by atoms with Gasteiger partial charge in [-0.2, -0.15) is 0 Å². The van der Waals surface area contributed by atoms with Crippen molar-refractivity contribution in [3.8, 4) is 5.75 Å². The maximum atomic E-state index is 12.6. The SMILES string of the molecule is O=C(COc1cc(Cl)ccc1Cl)NCC(F)(F)CO. The van der Waals surface area contributed by atoms with E-state index in [1.165, 1.54) is 12.1 Å². The molecule has 1 amide bonds. The highest BCUT2D eigenvalue weighted by Gasteiger charge is 2.28. The average Bonchev–Trinajstić information content (AvgIpc) is 2.37. The van der Waals surface area contributed by atoms with E-state index >= 15 is 0 Å². The Morgan fingerprint density at radius 1 is 1.42 bits per heavy atom. The van der Waals surface area contributed by atoms with Gasteiger partial charge in [-0.25, -0.2) is 8.78 Å². The van der Waals surface area contributed by atoms with Crippen LogP contribution >= 0.6 is 23.2 Å². The van der Waals surface area contributed by atoms with Crippen LogP contribution in [0.1, 0.15) is 0 Å². The predicted octanol–water partition coefficient (Wildman–Crippen LogP) is 2.12. The molecule has 4 nitrogen and oxygen atoms in total. The summed E-state index contributed by atoms with van der Waals surface area (Å²) < 4.78 is 30.3. The number of nitrogens with one attached hydrogen (secondary N) is 1. The van der Waals surface area contributed by atoms with Gasteiger partial charge in [-0.15, -0.1) is 0 Å². The van der Waals surface area contributed by atoms with E-state index in [1.54, 1.807) is 6.07 Å². The van der Waals surface area contributed by atoms with Crippen molar-refractivity contribution in [1.82, 2.24) is 5.32 Å². The lowest BCUT2D eigenvalue weighted by atomic mass is 10.3. The molecule has 0 spiro atoms. The number of ether oxygens (including phenoxy) is 1. The first-order valence-electron chi connectivity index (χ1n) is 5.17. The maximum Gasteiger partial charge on any atom is 0.287 e. The Bertz CT molecular complexity index is 458. The monoisotopic (exact) mass is 313 g/mol. The van der Waals surface area contributed by atoms with Gasteiger partial charge in [0.05, 0.1) is 11.6 Å². The van der Waals surface area contributed by atoms with Gasteiger partial charge in [-0.05, 0) is 12.1 Å². The largest absolute Gasteiger partial charge is 0.482 e. The number of hydrogen-bond acceptors (Lipinski definition) is 3. The van der Waals surface area contributed by atoms with Crippen molar-refractivity contribution < 1.29 is 23.4 Å². The van der Waals surface area contributed by atoms with E-state index < -0.39 is 31.6 Å². The van der Waals surface area contributed by atoms with Gasteiger partial charge < -0.3 is 15.2 Å². The minimum atomic E-state index is -3.36. The topological polar surface area (TPSA) is 58.6 Å². The molecule has 0 aliphatic rings. The molecule has 19 heavy (non-hydrogen) atoms. The zero-order valence-electron chi connectivity index (χ0n) is 9.63. The first-order valence-corrected chi connectivity index (χ1v) is 5.93. The molecule has 0 saturated heterocycles. The van der Waals surface area contributed by atoms with Crippen molar-refractivity contribution in [2.75, 3.05) is 19.8 Å². The predicted molar refractivity (Wildman–Crippen MR) is 67.0 cm³/mol. The fourth-order valence-corrected chi connectivity index (χ4v) is 1.40. The van der Waals surface area contributed by atoms with Crippen LogP contribution in [0.5, 0.6) is 5.75 Å². The van der Waals surface area contributed by atoms with Gasteiger partial charge in [0.25, 0.3) is 11.8 Å². The van der Waals surface area contributed by atoms with Gasteiger partial charge in [0.2, 0.25) is 0 Å². The second-order valence-electron chi connectivity index (χ2n) is 3.65. The van der Waals surface area contributed by atoms with E-state index in [1.807, 2.05) is 5.32 Å². The Kier molecular flexibility index (Phi) is 5.78. The average molecular weight is 314 g/mol. The molecule has 1 aromatic carbocycles. The van der Waals surface area contributed by atoms with E-state index in [2.05, 4.69) is 0 Å². The number of aliphatic hydroxyl groups is 1. The lowest BCUT2D eigenvalue weighted by Gasteiger charge is -2.14. The summed E-state index contributed by atoms with van der Waals surface area (Å²) in [6, 6.07) is 4.43. The zero-order valence-corrected chi connectivity index (χ0v) is 11.1. The Morgan fingerprint density at radius 2 is 2.11 bits per heavy atom. The van der Waals surface area contributed by atoms with Gasteiger partial charge >= 0.3 is 0 Å². The third-order valence-corrected chi connectivity index (χ3v) is 2.57. The number of benzene rings is 1. The molecule has 8 heteroatoms. The molecule has 0 bridgehead atoms. The molecule has 0 fully saturated rings. The molecule has 0 saturated carbocycles. The molecule has 0 atom stereocenters. The fraction of sp³-hybridized carbons (Fsp3) is 0.364. The van der Waals surface area contributed by atoms with Crippen molar-refractivity contribution in [3.63, 3.8) is 0 Å². The fourth-order valence-electron chi connectivity index (χ4n) is 1.07. The number of carbonyl (C=O) groups is 1. The molecule has 0 aromatic heterocycles. The third-order valence-electron chi connectivity index (χ3n) is 2.03. The molecule has 0 aliphatic heterocycles. The molecular weight excluding hydrogens is 303 g/mol. The molecule has 0 radical (unpaired) electrons. The second-order valence-corrected chi connectivity index (χ2v) is 4.50. The zero-order chi connectivity index (χ0) is 14.5. The van der Waals surface area contributed by atoms with Crippen molar-refractivity contribution in [3.05, 3.63) is 28.2 Å². The summed E-state index contributed by atoms with van der Waals surface area (Å²) in [7, 11) is 0. The molecular formula is C11H11Cl2F2NO3. The summed E-state index contributed by atoms with van der Waals surface area (Å²) in [4.78, 5) is 11.2. The summed E-state index contributed by atoms with van der Waals surface area (Å²) in [5.41, 5.74) is 0. The highest BCUT2D eigenvalue weighted by Crippen LogP contribution is 2.27. The van der Waals surface area contributed by atoms with E-state index in [0.717, 1.165) is 0 Å². The summed E-state index contributed by atoms with van der Waals surface area (Å²) in [5, 5.41) is 10.9. The van der Waals surface area contributed by atoms with Crippen LogP contribution in [0.4, 0.5) is 8.78 Å². The van der Waals surface area contributed by atoms with Crippen LogP contribution in [-0.2, 0) is 4.79 Å². The Morgan fingerprint density at radius 3 is 2.74 bits per heavy atom. The number of hydrogen-bond donors (Lipinski definition) is 2. The molecule has 1 aromatic rings. The minimum absolute atomic E-state index is 0.179. The van der Waals surface area contributed by atoms with Gasteiger partial charge in [0, 0.05) is 11.1 Å². The quantitative estimate of drug-likeness (QED) is 0.845. The van der Waals surface area contributed by atoms with Crippen LogP contribution in [0.15, 0.2) is 18.2 Å². The highest BCUT2D eigenvalue weighted by molar-refractivity contribution is 6.34. The lowest BCUT2D eigenvalue weighted by Crippen LogP contribution is -2.40. The first kappa shape index (κ1) is 15.9. The van der Waals surface area contributed by atoms with Gasteiger partial charge in [-0.3, -0.25) is 4.79 Å². The van der Waals surface area contributed by atoms with E-state index in [9.17, 15) is 13.6 Å². The van der Waals surface area contributed by atoms with Crippen LogP contribution in [0.25, 0.3) is 0 Å². The van der Waals surface area contributed by atoms with Crippen LogP contribution in [0, 0.1) is 0 Å². The smallest absolute Gasteiger partial charge is 0.287 e. The Labute approximate surface area is 118 Å². The Balaban J connectivity index is 2.44. The van der Waals surface area contributed by atoms with Gasteiger partial charge in [0.15, 0.2) is 6.61 Å². The van der Waals surface area contributed by atoms with Crippen molar-refractivity contribution in [1.29, 1.82) is 0 Å². The molecule has 2 N–H and O–H groups in total. The molecule has 1 rings (SSSR count). The molecule has 0 unspecified atom stereocenters. The summed E-state index contributed by atoms with van der Waals surface area (Å²) in [6.07, 6.45) is 0. The number of amides is 1. The standard InChI is InChI=1S/C11H11Cl2F2NO3/c12-7-1-2-8(13)9(3-7)19-4-10(18)16-5-11(14,15)6-17/h1-3,17H,4-6H2,(H,16,18). The van der Waals surface area contributed by atoms with Crippen LogP contribution in [0.3, 0.4) is 0 Å². The number of carbonyl (C=O) groups excluding carboxylic acids is 1. The summed E-state index contributed by atoms with van der Waals surface area (Å²) in [6.45, 7) is -2.79. The van der Waals surface area contributed by atoms with Gasteiger partial charge in [0.1, 0.15) is 12.4 Å². The first-order chi connectivity index (χ1) is 8.84. The van der Waals surface area contributed by atoms with Gasteiger partial charge in [-0.1, -0.05) is 23.2 Å². The molecule has 0 aliphatic carbocycles. The van der Waals surface area contributed by atoms with E-state index in [-0.39, 0.29) is 10.8 Å². The summed E-state index contributed by atoms with van der Waals surface area (Å²) >= 11 is 11.5. The van der Waals surface area contributed by atoms with Crippen molar-refractivity contribution in [2.45, 2.75) is 5.92 Å². The van der Waals surface area contributed by atoms with Crippen molar-refractivity contribution in [2.24, 2.45) is 0 Å². The number of alkyl halides is 2. The molecule has 0 heterocycles. The second kappa shape index (κ2) is 6.88. The van der Waals surface area contributed by atoms with Crippen LogP contribution in [-0.4, -0.2) is 36.7 Å². The van der Waals surface area contributed by atoms with Crippen molar-refractivity contribution >= 4 is 29.1 Å². The number of halogens is 4. The molecule has 106 valence electrons. The van der Waals surface area contributed by atoms with Crippen LogP contribution in [0.2, 0.25) is 10.0 Å². The Hall–Kier alpha value is -1.11. The summed E-state index contributed by atoms with van der Waals surface area (Å²) in [5.74, 6) is -3.94. The van der Waals surface area contributed by atoms with E-state index in [0.29, 0.717) is 5.02 Å². The third kappa shape index (κ3) is 5.59. The lowest BCUT2D eigenvalue weighted by molar-refractivity contribution is -0.126. The van der Waals surface area contributed by atoms with E-state index in [4.69, 9.17) is 33.0 Å². The number of rotatable bonds is 6. The maximum absolute atomic E-state index is 12.6.